The van der Waals surface area contributed by atoms with Crippen LogP contribution >= 0.6 is 0 Å². The van der Waals surface area contributed by atoms with Gasteiger partial charge in [-0.1, -0.05) is 6.42 Å². The molecule has 2 bridgehead atoms. The summed E-state index contributed by atoms with van der Waals surface area (Å²) in [6.45, 7) is 0.202. The number of hydrogen-bond acceptors (Lipinski definition) is 2. The predicted octanol–water partition coefficient (Wildman–Crippen LogP) is 0.938. The number of rotatable bonds is 3. The van der Waals surface area contributed by atoms with Crippen LogP contribution in [0.1, 0.15) is 25.7 Å². The minimum atomic E-state index is 0.0417. The molecule has 0 aliphatic heterocycles. The van der Waals surface area contributed by atoms with Gasteiger partial charge in [0.25, 0.3) is 0 Å². The lowest BCUT2D eigenvalue weighted by Gasteiger charge is -2.22. The molecule has 3 atom stereocenters. The fourth-order valence-corrected chi connectivity index (χ4v) is 2.80. The molecular formula is C10H17NO2. The van der Waals surface area contributed by atoms with Crippen LogP contribution in [0.2, 0.25) is 0 Å². The van der Waals surface area contributed by atoms with Crippen molar-refractivity contribution in [1.82, 2.24) is 5.32 Å². The minimum Gasteiger partial charge on any atom is -0.375 e. The fraction of sp³-hybridized carbons (Fsp3) is 0.900. The molecule has 0 aromatic rings. The molecule has 3 heteroatoms. The van der Waals surface area contributed by atoms with Gasteiger partial charge in [0.15, 0.2) is 0 Å². The van der Waals surface area contributed by atoms with Gasteiger partial charge in [0, 0.05) is 13.2 Å². The third kappa shape index (κ3) is 1.85. The van der Waals surface area contributed by atoms with Gasteiger partial charge in [0.1, 0.15) is 6.61 Å². The molecule has 0 aromatic heterocycles. The number of hydrogen-bond donors (Lipinski definition) is 1. The molecule has 2 aliphatic rings. The molecule has 1 amide bonds. The van der Waals surface area contributed by atoms with E-state index in [4.69, 9.17) is 4.74 Å². The number of fused-ring (bicyclic) bond motifs is 2. The van der Waals surface area contributed by atoms with Crippen LogP contribution in [0.25, 0.3) is 0 Å². The lowest BCUT2D eigenvalue weighted by molar-refractivity contribution is -0.125. The summed E-state index contributed by atoms with van der Waals surface area (Å²) in [7, 11) is 1.56. The van der Waals surface area contributed by atoms with Crippen molar-refractivity contribution in [1.29, 1.82) is 0 Å². The van der Waals surface area contributed by atoms with Crippen molar-refractivity contribution in [2.75, 3.05) is 13.7 Å². The molecule has 0 radical (unpaired) electrons. The number of carbonyl (C=O) groups is 1. The molecule has 0 saturated heterocycles. The maximum atomic E-state index is 11.2. The molecule has 2 fully saturated rings. The van der Waals surface area contributed by atoms with Gasteiger partial charge in [-0.05, 0) is 31.1 Å². The quantitative estimate of drug-likeness (QED) is 0.707. The highest BCUT2D eigenvalue weighted by molar-refractivity contribution is 5.77. The molecule has 0 aromatic carbocycles. The van der Waals surface area contributed by atoms with Crippen LogP contribution < -0.4 is 5.32 Å². The second kappa shape index (κ2) is 3.66. The van der Waals surface area contributed by atoms with Crippen molar-refractivity contribution in [3.05, 3.63) is 0 Å². The smallest absolute Gasteiger partial charge is 0.246 e. The fourth-order valence-electron chi connectivity index (χ4n) is 2.80. The summed E-state index contributed by atoms with van der Waals surface area (Å²) in [6.07, 6.45) is 5.21. The second-order valence-corrected chi connectivity index (χ2v) is 4.28. The summed E-state index contributed by atoms with van der Waals surface area (Å²) in [5, 5.41) is 3.05. The average molecular weight is 183 g/mol. The third-order valence-electron chi connectivity index (χ3n) is 3.36. The maximum absolute atomic E-state index is 11.2. The Balaban J connectivity index is 1.79. The Bertz CT molecular complexity index is 205. The monoisotopic (exact) mass is 183 g/mol. The molecule has 0 spiro atoms. The van der Waals surface area contributed by atoms with Crippen molar-refractivity contribution >= 4 is 5.91 Å². The number of methoxy groups -OCH3 is 1. The Morgan fingerprint density at radius 3 is 2.85 bits per heavy atom. The van der Waals surface area contributed by atoms with Gasteiger partial charge < -0.3 is 10.1 Å². The summed E-state index contributed by atoms with van der Waals surface area (Å²) in [5.41, 5.74) is 0. The molecule has 13 heavy (non-hydrogen) atoms. The van der Waals surface area contributed by atoms with Crippen molar-refractivity contribution < 1.29 is 9.53 Å². The van der Waals surface area contributed by atoms with E-state index in [0.717, 1.165) is 11.8 Å². The highest BCUT2D eigenvalue weighted by Crippen LogP contribution is 2.44. The molecule has 0 unspecified atom stereocenters. The Hall–Kier alpha value is -0.570. The third-order valence-corrected chi connectivity index (χ3v) is 3.36. The van der Waals surface area contributed by atoms with Gasteiger partial charge >= 0.3 is 0 Å². The lowest BCUT2D eigenvalue weighted by atomic mass is 9.95. The summed E-state index contributed by atoms with van der Waals surface area (Å²) < 4.78 is 4.78. The first-order valence-electron chi connectivity index (χ1n) is 5.08. The van der Waals surface area contributed by atoms with Gasteiger partial charge in [0.2, 0.25) is 5.91 Å². The van der Waals surface area contributed by atoms with Crippen LogP contribution in [-0.4, -0.2) is 25.7 Å². The molecule has 74 valence electrons. The normalized spacial score (nSPS) is 36.5. The zero-order valence-corrected chi connectivity index (χ0v) is 8.08. The Labute approximate surface area is 78.8 Å². The number of nitrogens with one attached hydrogen (secondary N) is 1. The van der Waals surface area contributed by atoms with E-state index in [1.165, 1.54) is 25.7 Å². The highest BCUT2D eigenvalue weighted by atomic mass is 16.5. The number of carbonyl (C=O) groups excluding carboxylic acids is 1. The SMILES string of the molecule is COCC(=O)N[C@@H]1C[C@H]2CC[C@@H]1C2. The molecule has 3 nitrogen and oxygen atoms in total. The lowest BCUT2D eigenvalue weighted by Crippen LogP contribution is -2.40. The molecular weight excluding hydrogens is 166 g/mol. The van der Waals surface area contributed by atoms with Crippen LogP contribution in [0.4, 0.5) is 0 Å². The molecule has 1 N–H and O–H groups in total. The van der Waals surface area contributed by atoms with Crippen LogP contribution in [0.5, 0.6) is 0 Å². The topological polar surface area (TPSA) is 38.3 Å². The minimum absolute atomic E-state index is 0.0417. The summed E-state index contributed by atoms with van der Waals surface area (Å²) >= 11 is 0. The Kier molecular flexibility index (Phi) is 2.54. The Morgan fingerprint density at radius 2 is 2.31 bits per heavy atom. The number of amides is 1. The van der Waals surface area contributed by atoms with Crippen LogP contribution in [0, 0.1) is 11.8 Å². The zero-order chi connectivity index (χ0) is 9.26. The van der Waals surface area contributed by atoms with Crippen LogP contribution in [0.15, 0.2) is 0 Å². The van der Waals surface area contributed by atoms with Gasteiger partial charge in [0.05, 0.1) is 0 Å². The molecule has 2 rings (SSSR count). The summed E-state index contributed by atoms with van der Waals surface area (Å²) in [5.74, 6) is 1.68. The van der Waals surface area contributed by atoms with Gasteiger partial charge in [-0.25, -0.2) is 0 Å². The highest BCUT2D eigenvalue weighted by Gasteiger charge is 2.39. The van der Waals surface area contributed by atoms with E-state index in [-0.39, 0.29) is 12.5 Å². The van der Waals surface area contributed by atoms with E-state index in [1.54, 1.807) is 7.11 Å². The maximum Gasteiger partial charge on any atom is 0.246 e. The predicted molar refractivity (Wildman–Crippen MR) is 49.3 cm³/mol. The average Bonchev–Trinajstić information content (AvgIpc) is 2.65. The molecule has 2 aliphatic carbocycles. The number of ether oxygens (including phenoxy) is 1. The molecule has 2 saturated carbocycles. The van der Waals surface area contributed by atoms with Crippen LogP contribution in [-0.2, 0) is 9.53 Å². The zero-order valence-electron chi connectivity index (χ0n) is 8.08. The molecule has 0 heterocycles. The van der Waals surface area contributed by atoms with E-state index in [9.17, 15) is 4.79 Å². The standard InChI is InChI=1S/C10H17NO2/c1-13-6-10(12)11-9-5-7-2-3-8(9)4-7/h7-9H,2-6H2,1H3,(H,11,12)/t7-,8+,9+/m0/s1. The van der Waals surface area contributed by atoms with Crippen LogP contribution in [0.3, 0.4) is 0 Å². The van der Waals surface area contributed by atoms with Crippen molar-refractivity contribution in [3.63, 3.8) is 0 Å². The first-order chi connectivity index (χ1) is 6.29. The van der Waals surface area contributed by atoms with Gasteiger partial charge in [-0.3, -0.25) is 4.79 Å². The summed E-state index contributed by atoms with van der Waals surface area (Å²) in [4.78, 5) is 11.2. The first-order valence-corrected chi connectivity index (χ1v) is 5.08. The Morgan fingerprint density at radius 1 is 1.46 bits per heavy atom. The second-order valence-electron chi connectivity index (χ2n) is 4.28. The van der Waals surface area contributed by atoms with E-state index in [0.29, 0.717) is 6.04 Å². The van der Waals surface area contributed by atoms with E-state index < -0.39 is 0 Å². The largest absolute Gasteiger partial charge is 0.375 e. The van der Waals surface area contributed by atoms with E-state index in [1.807, 2.05) is 0 Å². The van der Waals surface area contributed by atoms with Crippen molar-refractivity contribution in [2.24, 2.45) is 11.8 Å². The summed E-state index contributed by atoms with van der Waals surface area (Å²) in [6, 6.07) is 0.446. The van der Waals surface area contributed by atoms with E-state index >= 15 is 0 Å². The van der Waals surface area contributed by atoms with Gasteiger partial charge in [-0.2, -0.15) is 0 Å². The van der Waals surface area contributed by atoms with E-state index in [2.05, 4.69) is 5.32 Å². The van der Waals surface area contributed by atoms with Crippen molar-refractivity contribution in [3.8, 4) is 0 Å². The first kappa shape index (κ1) is 9.00. The van der Waals surface area contributed by atoms with Crippen molar-refractivity contribution in [2.45, 2.75) is 31.7 Å². The van der Waals surface area contributed by atoms with Gasteiger partial charge in [-0.15, -0.1) is 0 Å².